The molecule has 1 aromatic carbocycles. The molecule has 0 aliphatic heterocycles. The predicted octanol–water partition coefficient (Wildman–Crippen LogP) is 2.90. The third kappa shape index (κ3) is 6.26. The highest BCUT2D eigenvalue weighted by atomic mass is 79.9. The van der Waals surface area contributed by atoms with Crippen LogP contribution in [0.25, 0.3) is 0 Å². The van der Waals surface area contributed by atoms with Gasteiger partial charge >= 0.3 is 5.97 Å². The molecule has 1 aromatic rings. The zero-order chi connectivity index (χ0) is 18.1. The van der Waals surface area contributed by atoms with Crippen LogP contribution in [0.4, 0.5) is 5.69 Å². The van der Waals surface area contributed by atoms with E-state index in [0.29, 0.717) is 17.9 Å². The van der Waals surface area contributed by atoms with Gasteiger partial charge in [-0.05, 0) is 49.1 Å². The molecule has 0 aliphatic carbocycles. The lowest BCUT2D eigenvalue weighted by molar-refractivity contribution is -0.141. The minimum Gasteiger partial charge on any atom is -0.480 e. The number of aryl methyl sites for hydroxylation is 1. The molecule has 0 bridgehead atoms. The number of aliphatic carboxylic acids is 1. The van der Waals surface area contributed by atoms with Gasteiger partial charge in [0.05, 0.1) is 0 Å². The Hall–Kier alpha value is -1.98. The number of nitrogens with one attached hydrogen (secondary N) is 2. The van der Waals surface area contributed by atoms with Crippen molar-refractivity contribution in [3.8, 4) is 6.07 Å². The Labute approximate surface area is 153 Å². The van der Waals surface area contributed by atoms with Crippen LogP contribution in [0.1, 0.15) is 12.0 Å². The summed E-state index contributed by atoms with van der Waals surface area (Å²) in [6.45, 7) is 1.92. The van der Waals surface area contributed by atoms with Gasteiger partial charge in [-0.3, -0.25) is 4.79 Å². The Morgan fingerprint density at radius 2 is 2.21 bits per heavy atom. The van der Waals surface area contributed by atoms with Crippen LogP contribution < -0.4 is 10.6 Å². The number of rotatable bonds is 8. The highest BCUT2D eigenvalue weighted by Crippen LogP contribution is 2.20. The first kappa shape index (κ1) is 20.1. The number of hydrogen-bond donors (Lipinski definition) is 3. The van der Waals surface area contributed by atoms with Crippen molar-refractivity contribution >= 4 is 45.3 Å². The normalized spacial score (nSPS) is 12.2. The first-order valence-electron chi connectivity index (χ1n) is 7.04. The van der Waals surface area contributed by atoms with E-state index in [1.165, 1.54) is 18.0 Å². The van der Waals surface area contributed by atoms with Gasteiger partial charge in [-0.2, -0.15) is 17.0 Å². The maximum absolute atomic E-state index is 12.1. The van der Waals surface area contributed by atoms with E-state index in [1.54, 1.807) is 12.1 Å². The highest BCUT2D eigenvalue weighted by molar-refractivity contribution is 9.10. The lowest BCUT2D eigenvalue weighted by atomic mass is 10.2. The molecule has 0 saturated carbocycles. The van der Waals surface area contributed by atoms with Crippen molar-refractivity contribution in [1.29, 1.82) is 5.26 Å². The lowest BCUT2D eigenvalue weighted by Gasteiger charge is -2.13. The summed E-state index contributed by atoms with van der Waals surface area (Å²) in [5.74, 6) is -1.24. The second kappa shape index (κ2) is 10.0. The Balaban J connectivity index is 2.79. The first-order chi connectivity index (χ1) is 11.4. The summed E-state index contributed by atoms with van der Waals surface area (Å²) in [6.07, 6.45) is 3.41. The highest BCUT2D eigenvalue weighted by Gasteiger charge is 2.21. The fourth-order valence-electron chi connectivity index (χ4n) is 1.77. The summed E-state index contributed by atoms with van der Waals surface area (Å²) in [4.78, 5) is 23.2. The average molecular weight is 412 g/mol. The van der Waals surface area contributed by atoms with Crippen molar-refractivity contribution in [3.05, 3.63) is 40.0 Å². The van der Waals surface area contributed by atoms with Crippen molar-refractivity contribution in [1.82, 2.24) is 5.32 Å². The van der Waals surface area contributed by atoms with Gasteiger partial charge in [-0.25, -0.2) is 4.79 Å². The molecule has 24 heavy (non-hydrogen) atoms. The van der Waals surface area contributed by atoms with Crippen LogP contribution in [0.15, 0.2) is 34.4 Å². The molecule has 0 heterocycles. The smallest absolute Gasteiger partial charge is 0.326 e. The Kier molecular flexibility index (Phi) is 8.36. The second-order valence-electron chi connectivity index (χ2n) is 4.92. The summed E-state index contributed by atoms with van der Waals surface area (Å²) < 4.78 is 0.952. The molecule has 128 valence electrons. The molecule has 1 rings (SSSR count). The number of carboxylic acids is 1. The van der Waals surface area contributed by atoms with Gasteiger partial charge < -0.3 is 15.7 Å². The largest absolute Gasteiger partial charge is 0.480 e. The molecule has 1 unspecified atom stereocenters. The SMILES string of the molecule is CSCCC(NC(=O)/C(C#N)=C\Nc1ccc(Br)c(C)c1)C(=O)O. The molecule has 1 amide bonds. The number of thioether (sulfide) groups is 1. The van der Waals surface area contributed by atoms with E-state index in [-0.39, 0.29) is 5.57 Å². The molecule has 3 N–H and O–H groups in total. The molecular weight excluding hydrogens is 394 g/mol. The maximum Gasteiger partial charge on any atom is 0.326 e. The van der Waals surface area contributed by atoms with Crippen LogP contribution >= 0.6 is 27.7 Å². The quantitative estimate of drug-likeness (QED) is 0.448. The number of benzene rings is 1. The molecule has 0 saturated heterocycles. The standard InChI is InChI=1S/C16H18BrN3O3S/c1-10-7-12(3-4-13(10)17)19-9-11(8-18)15(21)20-14(16(22)23)5-6-24-2/h3-4,7,9,14,19H,5-6H2,1-2H3,(H,20,21)(H,22,23)/b11-9-. The molecule has 8 heteroatoms. The summed E-state index contributed by atoms with van der Waals surface area (Å²) in [7, 11) is 0. The number of hydrogen-bond acceptors (Lipinski definition) is 5. The van der Waals surface area contributed by atoms with Crippen molar-refractivity contribution in [2.75, 3.05) is 17.3 Å². The third-order valence-electron chi connectivity index (χ3n) is 3.12. The molecule has 0 radical (unpaired) electrons. The van der Waals surface area contributed by atoms with E-state index >= 15 is 0 Å². The molecule has 0 aromatic heterocycles. The van der Waals surface area contributed by atoms with Gasteiger partial charge in [-0.1, -0.05) is 15.9 Å². The molecule has 0 spiro atoms. The molecule has 1 atom stereocenters. The van der Waals surface area contributed by atoms with Gasteiger partial charge in [-0.15, -0.1) is 0 Å². The summed E-state index contributed by atoms with van der Waals surface area (Å²) in [5.41, 5.74) is 1.53. The van der Waals surface area contributed by atoms with Gasteiger partial charge in [0.2, 0.25) is 0 Å². The summed E-state index contributed by atoms with van der Waals surface area (Å²) in [5, 5.41) is 23.5. The van der Waals surface area contributed by atoms with Crippen molar-refractivity contribution in [3.63, 3.8) is 0 Å². The van der Waals surface area contributed by atoms with E-state index in [9.17, 15) is 9.59 Å². The first-order valence-corrected chi connectivity index (χ1v) is 9.23. The summed E-state index contributed by atoms with van der Waals surface area (Å²) >= 11 is 4.88. The molecule has 6 nitrogen and oxygen atoms in total. The number of halogens is 1. The van der Waals surface area contributed by atoms with Crippen LogP contribution in [0.2, 0.25) is 0 Å². The molecular formula is C16H18BrN3O3S. The fourth-order valence-corrected chi connectivity index (χ4v) is 2.49. The van der Waals surface area contributed by atoms with Gasteiger partial charge in [0.1, 0.15) is 17.7 Å². The second-order valence-corrected chi connectivity index (χ2v) is 6.76. The van der Waals surface area contributed by atoms with Crippen molar-refractivity contribution < 1.29 is 14.7 Å². The van der Waals surface area contributed by atoms with E-state index in [4.69, 9.17) is 10.4 Å². The number of amides is 1. The number of nitriles is 1. The Morgan fingerprint density at radius 1 is 1.50 bits per heavy atom. The Morgan fingerprint density at radius 3 is 2.75 bits per heavy atom. The van der Waals surface area contributed by atoms with Gasteiger partial charge in [0.15, 0.2) is 0 Å². The third-order valence-corrected chi connectivity index (χ3v) is 4.65. The zero-order valence-corrected chi connectivity index (χ0v) is 15.7. The van der Waals surface area contributed by atoms with Crippen molar-refractivity contribution in [2.24, 2.45) is 0 Å². The number of anilines is 1. The zero-order valence-electron chi connectivity index (χ0n) is 13.3. The van der Waals surface area contributed by atoms with Crippen LogP contribution in [0, 0.1) is 18.3 Å². The predicted molar refractivity (Wildman–Crippen MR) is 98.8 cm³/mol. The maximum atomic E-state index is 12.1. The summed E-state index contributed by atoms with van der Waals surface area (Å²) in [6, 6.07) is 6.25. The van der Waals surface area contributed by atoms with Crippen LogP contribution in [0.3, 0.4) is 0 Å². The Bertz CT molecular complexity index is 686. The topological polar surface area (TPSA) is 102 Å². The van der Waals surface area contributed by atoms with E-state index in [0.717, 1.165) is 10.0 Å². The van der Waals surface area contributed by atoms with Crippen LogP contribution in [-0.2, 0) is 9.59 Å². The number of carbonyl (C=O) groups excluding carboxylic acids is 1. The van der Waals surface area contributed by atoms with E-state index < -0.39 is 17.9 Å². The minimum atomic E-state index is -1.12. The van der Waals surface area contributed by atoms with Crippen LogP contribution in [0.5, 0.6) is 0 Å². The van der Waals surface area contributed by atoms with E-state index in [1.807, 2.05) is 25.3 Å². The number of carbonyl (C=O) groups is 2. The monoisotopic (exact) mass is 411 g/mol. The van der Waals surface area contributed by atoms with E-state index in [2.05, 4.69) is 26.6 Å². The number of carboxylic acid groups (broad SMARTS) is 1. The van der Waals surface area contributed by atoms with Crippen molar-refractivity contribution in [2.45, 2.75) is 19.4 Å². The molecule has 0 aliphatic rings. The average Bonchev–Trinajstić information content (AvgIpc) is 2.54. The minimum absolute atomic E-state index is 0.189. The van der Waals surface area contributed by atoms with Gasteiger partial charge in [0.25, 0.3) is 5.91 Å². The molecule has 0 fully saturated rings. The van der Waals surface area contributed by atoms with Crippen LogP contribution in [-0.4, -0.2) is 35.0 Å². The van der Waals surface area contributed by atoms with Gasteiger partial charge in [0, 0.05) is 16.4 Å². The number of nitrogens with zero attached hydrogens (tertiary/aromatic N) is 1. The lowest BCUT2D eigenvalue weighted by Crippen LogP contribution is -2.41. The fraction of sp³-hybridized carbons (Fsp3) is 0.312.